The van der Waals surface area contributed by atoms with Gasteiger partial charge >= 0.3 is 0 Å². The molecule has 1 N–H and O–H groups in total. The summed E-state index contributed by atoms with van der Waals surface area (Å²) in [7, 11) is 3.83. The van der Waals surface area contributed by atoms with Crippen LogP contribution in [0.3, 0.4) is 0 Å². The van der Waals surface area contributed by atoms with Crippen LogP contribution in [-0.2, 0) is 7.05 Å². The van der Waals surface area contributed by atoms with Gasteiger partial charge in [0.15, 0.2) is 0 Å². The van der Waals surface area contributed by atoms with Gasteiger partial charge < -0.3 is 5.32 Å². The number of halogens is 2. The molecule has 90 valence electrons. The Balaban J connectivity index is 2.49. The van der Waals surface area contributed by atoms with Crippen molar-refractivity contribution in [2.24, 2.45) is 7.05 Å². The van der Waals surface area contributed by atoms with Gasteiger partial charge in [0.25, 0.3) is 0 Å². The molecule has 0 radical (unpaired) electrons. The number of aryl methyl sites for hydroxylation is 1. The molecule has 0 fully saturated rings. The Morgan fingerprint density at radius 2 is 2.24 bits per heavy atom. The van der Waals surface area contributed by atoms with E-state index >= 15 is 0 Å². The predicted molar refractivity (Wildman–Crippen MR) is 78.8 cm³/mol. The lowest BCUT2D eigenvalue weighted by atomic mass is 10.0. The monoisotopic (exact) mass is 406 g/mol. The highest BCUT2D eigenvalue weighted by Gasteiger charge is 2.18. The van der Waals surface area contributed by atoms with Crippen LogP contribution in [0.1, 0.15) is 17.3 Å². The molecule has 17 heavy (non-hydrogen) atoms. The van der Waals surface area contributed by atoms with Crippen molar-refractivity contribution in [3.05, 3.63) is 43.7 Å². The first-order valence-corrected chi connectivity index (χ1v) is 6.97. The fourth-order valence-corrected chi connectivity index (χ4v) is 2.75. The summed E-state index contributed by atoms with van der Waals surface area (Å²) in [4.78, 5) is 0. The van der Waals surface area contributed by atoms with Crippen molar-refractivity contribution in [1.29, 1.82) is 0 Å². The third-order valence-corrected chi connectivity index (χ3v) is 4.00. The van der Waals surface area contributed by atoms with Gasteiger partial charge in [-0.1, -0.05) is 21.1 Å². The average molecular weight is 407 g/mol. The smallest absolute Gasteiger partial charge is 0.0799 e. The van der Waals surface area contributed by atoms with E-state index in [2.05, 4.69) is 72.3 Å². The molecule has 1 aromatic heterocycles. The zero-order chi connectivity index (χ0) is 12.4. The van der Waals surface area contributed by atoms with Gasteiger partial charge in [-0.25, -0.2) is 0 Å². The number of hydrogen-bond acceptors (Lipinski definition) is 3. The Morgan fingerprint density at radius 1 is 1.47 bits per heavy atom. The van der Waals surface area contributed by atoms with Crippen LogP contribution < -0.4 is 5.32 Å². The van der Waals surface area contributed by atoms with E-state index in [-0.39, 0.29) is 6.04 Å². The Labute approximate surface area is 122 Å². The fraction of sp³-hybridized carbons (Fsp3) is 0.273. The van der Waals surface area contributed by atoms with Crippen molar-refractivity contribution in [2.45, 2.75) is 6.04 Å². The maximum atomic E-state index is 3.97. The minimum Gasteiger partial charge on any atom is -0.308 e. The van der Waals surface area contributed by atoms with E-state index in [0.717, 1.165) is 10.2 Å². The van der Waals surface area contributed by atoms with Gasteiger partial charge in [-0.2, -0.15) is 0 Å². The second-order valence-corrected chi connectivity index (χ2v) is 5.77. The average Bonchev–Trinajstić information content (AvgIpc) is 2.71. The molecule has 2 aromatic rings. The van der Waals surface area contributed by atoms with E-state index < -0.39 is 0 Å². The minimum absolute atomic E-state index is 0.0825. The highest BCUT2D eigenvalue weighted by atomic mass is 127. The Kier molecular flexibility index (Phi) is 4.16. The lowest BCUT2D eigenvalue weighted by Gasteiger charge is -2.18. The summed E-state index contributed by atoms with van der Waals surface area (Å²) in [5.74, 6) is 0. The van der Waals surface area contributed by atoms with Gasteiger partial charge in [-0.3, -0.25) is 4.68 Å². The predicted octanol–water partition coefficient (Wildman–Crippen LogP) is 2.49. The van der Waals surface area contributed by atoms with Gasteiger partial charge in [0.1, 0.15) is 0 Å². The van der Waals surface area contributed by atoms with Gasteiger partial charge in [-0.15, -0.1) is 5.10 Å². The molecule has 6 heteroatoms. The summed E-state index contributed by atoms with van der Waals surface area (Å²) >= 11 is 5.90. The minimum atomic E-state index is 0.0825. The van der Waals surface area contributed by atoms with Crippen LogP contribution in [0.15, 0.2) is 28.9 Å². The summed E-state index contributed by atoms with van der Waals surface area (Å²) in [5, 5.41) is 11.2. The van der Waals surface area contributed by atoms with E-state index in [4.69, 9.17) is 0 Å². The Hall–Kier alpha value is -0.470. The molecule has 2 rings (SSSR count). The van der Waals surface area contributed by atoms with Crippen LogP contribution in [0.5, 0.6) is 0 Å². The first-order chi connectivity index (χ1) is 8.13. The van der Waals surface area contributed by atoms with Crippen LogP contribution in [-0.4, -0.2) is 22.0 Å². The Bertz CT molecular complexity index is 526. The molecule has 4 nitrogen and oxygen atoms in total. The summed E-state index contributed by atoms with van der Waals surface area (Å²) < 4.78 is 4.07. The zero-order valence-electron chi connectivity index (χ0n) is 9.48. The molecule has 0 aliphatic carbocycles. The Morgan fingerprint density at radius 3 is 2.82 bits per heavy atom. The topological polar surface area (TPSA) is 42.7 Å². The van der Waals surface area contributed by atoms with Gasteiger partial charge in [0, 0.05) is 15.1 Å². The van der Waals surface area contributed by atoms with Crippen LogP contribution in [0, 0.1) is 3.57 Å². The zero-order valence-corrected chi connectivity index (χ0v) is 13.2. The van der Waals surface area contributed by atoms with Gasteiger partial charge in [0.2, 0.25) is 0 Å². The van der Waals surface area contributed by atoms with Crippen molar-refractivity contribution < 1.29 is 0 Å². The van der Waals surface area contributed by atoms with Crippen molar-refractivity contribution in [3.8, 4) is 0 Å². The first-order valence-electron chi connectivity index (χ1n) is 5.10. The molecule has 0 aliphatic heterocycles. The fourth-order valence-electron chi connectivity index (χ4n) is 1.76. The largest absolute Gasteiger partial charge is 0.308 e. The third-order valence-electron chi connectivity index (χ3n) is 2.60. The molecule has 1 aromatic carbocycles. The molecule has 0 bridgehead atoms. The number of hydrogen-bond donors (Lipinski definition) is 1. The van der Waals surface area contributed by atoms with Gasteiger partial charge in [0.05, 0.1) is 17.9 Å². The van der Waals surface area contributed by atoms with Crippen molar-refractivity contribution in [2.75, 3.05) is 7.05 Å². The highest BCUT2D eigenvalue weighted by molar-refractivity contribution is 14.1. The standard InChI is InChI=1S/C11H12BrIN4/c1-14-11(10-6-15-16-17(10)2)8-5-7(13)3-4-9(8)12/h3-6,11,14H,1-2H3. The lowest BCUT2D eigenvalue weighted by molar-refractivity contribution is 0.596. The molecular weight excluding hydrogens is 395 g/mol. The van der Waals surface area contributed by atoms with Gasteiger partial charge in [-0.05, 0) is 53.4 Å². The maximum absolute atomic E-state index is 3.97. The second kappa shape index (κ2) is 5.45. The van der Waals surface area contributed by atoms with Crippen LogP contribution in [0.2, 0.25) is 0 Å². The highest BCUT2D eigenvalue weighted by Crippen LogP contribution is 2.29. The molecular formula is C11H12BrIN4. The van der Waals surface area contributed by atoms with Crippen molar-refractivity contribution in [3.63, 3.8) is 0 Å². The summed E-state index contributed by atoms with van der Waals surface area (Å²) in [5.41, 5.74) is 2.22. The molecule has 1 unspecified atom stereocenters. The maximum Gasteiger partial charge on any atom is 0.0799 e. The van der Waals surface area contributed by atoms with Crippen molar-refractivity contribution in [1.82, 2.24) is 20.3 Å². The number of rotatable bonds is 3. The van der Waals surface area contributed by atoms with E-state index in [0.29, 0.717) is 0 Å². The molecule has 0 spiro atoms. The van der Waals surface area contributed by atoms with E-state index in [1.807, 2.05) is 14.1 Å². The normalized spacial score (nSPS) is 12.7. The van der Waals surface area contributed by atoms with E-state index in [1.165, 1.54) is 9.13 Å². The molecule has 0 saturated carbocycles. The van der Waals surface area contributed by atoms with E-state index in [1.54, 1.807) is 10.9 Å². The van der Waals surface area contributed by atoms with Crippen LogP contribution in [0.25, 0.3) is 0 Å². The first kappa shape index (κ1) is 13.0. The number of benzene rings is 1. The van der Waals surface area contributed by atoms with E-state index in [9.17, 15) is 0 Å². The number of aromatic nitrogens is 3. The summed E-state index contributed by atoms with van der Waals surface area (Å²) in [6, 6.07) is 6.37. The van der Waals surface area contributed by atoms with Crippen molar-refractivity contribution >= 4 is 38.5 Å². The summed E-state index contributed by atoms with van der Waals surface area (Å²) in [6.07, 6.45) is 1.79. The molecule has 0 aliphatic rings. The quantitative estimate of drug-likeness (QED) is 0.796. The second-order valence-electron chi connectivity index (χ2n) is 3.67. The molecule has 1 atom stereocenters. The molecule has 0 saturated heterocycles. The summed E-state index contributed by atoms with van der Waals surface area (Å²) in [6.45, 7) is 0. The molecule has 1 heterocycles. The third kappa shape index (κ3) is 2.69. The SMILES string of the molecule is CNC(c1cc(I)ccc1Br)c1cnnn1C. The number of nitrogens with one attached hydrogen (secondary N) is 1. The number of nitrogens with zero attached hydrogens (tertiary/aromatic N) is 3. The van der Waals surface area contributed by atoms with Crippen LogP contribution >= 0.6 is 38.5 Å². The lowest BCUT2D eigenvalue weighted by Crippen LogP contribution is -2.21. The van der Waals surface area contributed by atoms with Crippen LogP contribution in [0.4, 0.5) is 0 Å². The molecule has 0 amide bonds.